The highest BCUT2D eigenvalue weighted by Gasteiger charge is 2.14. The van der Waals surface area contributed by atoms with E-state index in [-0.39, 0.29) is 11.6 Å². The highest BCUT2D eigenvalue weighted by molar-refractivity contribution is 7.92. The second kappa shape index (κ2) is 8.56. The van der Waals surface area contributed by atoms with Gasteiger partial charge in [0.15, 0.2) is 23.1 Å². The van der Waals surface area contributed by atoms with Gasteiger partial charge in [0, 0.05) is 17.8 Å². The monoisotopic (exact) mass is 382 g/mol. The van der Waals surface area contributed by atoms with Crippen LogP contribution in [0.5, 0.6) is 17.2 Å². The number of nitrogens with one attached hydrogen (secondary N) is 2. The molecule has 9 nitrogen and oxygen atoms in total. The lowest BCUT2D eigenvalue weighted by molar-refractivity contribution is 0.324. The molecule has 0 fully saturated rings. The summed E-state index contributed by atoms with van der Waals surface area (Å²) in [4.78, 5) is 0. The molecular weight excluding hydrogens is 360 g/mol. The van der Waals surface area contributed by atoms with Gasteiger partial charge >= 0.3 is 0 Å². The van der Waals surface area contributed by atoms with Gasteiger partial charge in [0.25, 0.3) is 0 Å². The number of ether oxygens (including phenoxy) is 3. The molecule has 142 valence electrons. The highest BCUT2D eigenvalue weighted by atomic mass is 32.2. The van der Waals surface area contributed by atoms with Crippen molar-refractivity contribution < 1.29 is 22.6 Å². The maximum atomic E-state index is 11.7. The van der Waals surface area contributed by atoms with Crippen LogP contribution < -0.4 is 24.2 Å². The van der Waals surface area contributed by atoms with E-state index in [0.717, 1.165) is 0 Å². The Morgan fingerprint density at radius 2 is 1.54 bits per heavy atom. The van der Waals surface area contributed by atoms with E-state index in [4.69, 9.17) is 14.2 Å². The molecule has 1 heterocycles. The molecule has 2 N–H and O–H groups in total. The van der Waals surface area contributed by atoms with Crippen LogP contribution in [0.2, 0.25) is 0 Å². The van der Waals surface area contributed by atoms with Crippen molar-refractivity contribution in [2.45, 2.75) is 13.3 Å². The zero-order valence-corrected chi connectivity index (χ0v) is 15.9. The maximum absolute atomic E-state index is 11.7. The van der Waals surface area contributed by atoms with Crippen LogP contribution >= 0.6 is 0 Å². The molecule has 0 bridgehead atoms. The summed E-state index contributed by atoms with van der Waals surface area (Å²) in [7, 11) is 1.17. The van der Waals surface area contributed by atoms with Gasteiger partial charge < -0.3 is 19.5 Å². The van der Waals surface area contributed by atoms with Crippen LogP contribution in [0, 0.1) is 0 Å². The van der Waals surface area contributed by atoms with E-state index in [2.05, 4.69) is 20.2 Å². The van der Waals surface area contributed by atoms with Crippen molar-refractivity contribution >= 4 is 27.3 Å². The Morgan fingerprint density at radius 3 is 2.00 bits per heavy atom. The van der Waals surface area contributed by atoms with Crippen LogP contribution in [0.25, 0.3) is 0 Å². The van der Waals surface area contributed by atoms with E-state index < -0.39 is 10.0 Å². The Balaban J connectivity index is 2.19. The zero-order chi connectivity index (χ0) is 19.2. The Kier molecular flexibility index (Phi) is 6.45. The third-order valence-electron chi connectivity index (χ3n) is 3.33. The molecule has 0 aliphatic rings. The van der Waals surface area contributed by atoms with Crippen molar-refractivity contribution in [3.8, 4) is 17.2 Å². The molecule has 0 saturated carbocycles. The van der Waals surface area contributed by atoms with Gasteiger partial charge in [-0.15, -0.1) is 10.2 Å². The molecule has 2 rings (SSSR count). The van der Waals surface area contributed by atoms with E-state index in [1.165, 1.54) is 27.4 Å². The highest BCUT2D eigenvalue weighted by Crippen LogP contribution is 2.40. The molecule has 1 aromatic heterocycles. The molecule has 0 atom stereocenters. The summed E-state index contributed by atoms with van der Waals surface area (Å²) >= 11 is 0. The molecule has 0 spiro atoms. The van der Waals surface area contributed by atoms with Crippen molar-refractivity contribution in [1.29, 1.82) is 0 Å². The van der Waals surface area contributed by atoms with Gasteiger partial charge in [-0.2, -0.15) is 0 Å². The van der Waals surface area contributed by atoms with E-state index >= 15 is 0 Å². The first-order valence-electron chi connectivity index (χ1n) is 7.83. The number of rotatable bonds is 9. The predicted molar refractivity (Wildman–Crippen MR) is 99.1 cm³/mol. The van der Waals surface area contributed by atoms with Gasteiger partial charge in [0.2, 0.25) is 15.8 Å². The van der Waals surface area contributed by atoms with Crippen LogP contribution in [-0.2, 0) is 10.0 Å². The quantitative estimate of drug-likeness (QED) is 0.680. The predicted octanol–water partition coefficient (Wildman–Crippen LogP) is 2.40. The van der Waals surface area contributed by atoms with Gasteiger partial charge in [-0.1, -0.05) is 6.92 Å². The molecule has 1 aromatic carbocycles. The minimum atomic E-state index is -3.40. The Morgan fingerprint density at radius 1 is 0.962 bits per heavy atom. The number of nitrogens with zero attached hydrogens (tertiary/aromatic N) is 2. The summed E-state index contributed by atoms with van der Waals surface area (Å²) in [6, 6.07) is 6.59. The number of anilines is 3. The summed E-state index contributed by atoms with van der Waals surface area (Å²) < 4.78 is 41.7. The van der Waals surface area contributed by atoms with E-state index in [1.807, 2.05) is 0 Å². The molecule has 0 aliphatic carbocycles. The molecule has 0 radical (unpaired) electrons. The smallest absolute Gasteiger partial charge is 0.233 e. The fourth-order valence-corrected chi connectivity index (χ4v) is 3.30. The Hall–Kier alpha value is -2.75. The number of hydrogen-bond acceptors (Lipinski definition) is 8. The van der Waals surface area contributed by atoms with Crippen molar-refractivity contribution in [2.24, 2.45) is 0 Å². The summed E-state index contributed by atoms with van der Waals surface area (Å²) in [6.45, 7) is 1.79. The topological polar surface area (TPSA) is 112 Å². The number of aromatic nitrogens is 2. The fraction of sp³-hybridized carbons (Fsp3) is 0.375. The van der Waals surface area contributed by atoms with Crippen molar-refractivity contribution in [2.75, 3.05) is 37.1 Å². The van der Waals surface area contributed by atoms with E-state index in [1.54, 1.807) is 25.1 Å². The van der Waals surface area contributed by atoms with E-state index in [9.17, 15) is 8.42 Å². The maximum Gasteiger partial charge on any atom is 0.233 e. The van der Waals surface area contributed by atoms with Gasteiger partial charge in [0.05, 0.1) is 27.1 Å². The Bertz CT molecular complexity index is 815. The lowest BCUT2D eigenvalue weighted by atomic mass is 10.2. The van der Waals surface area contributed by atoms with Gasteiger partial charge in [-0.25, -0.2) is 8.42 Å². The first-order valence-corrected chi connectivity index (χ1v) is 9.49. The molecular formula is C16H22N4O5S. The van der Waals surface area contributed by atoms with Crippen LogP contribution in [0.15, 0.2) is 24.3 Å². The number of sulfonamides is 1. The van der Waals surface area contributed by atoms with Gasteiger partial charge in [-0.3, -0.25) is 4.72 Å². The lowest BCUT2D eigenvalue weighted by Crippen LogP contribution is -2.17. The van der Waals surface area contributed by atoms with Gasteiger partial charge in [0.1, 0.15) is 0 Å². The molecule has 0 amide bonds. The van der Waals surface area contributed by atoms with Crippen LogP contribution in [0.3, 0.4) is 0 Å². The average Bonchev–Trinajstić information content (AvgIpc) is 2.62. The first-order chi connectivity index (χ1) is 12.4. The number of methoxy groups -OCH3 is 3. The third kappa shape index (κ3) is 4.88. The van der Waals surface area contributed by atoms with Crippen LogP contribution in [0.4, 0.5) is 17.3 Å². The van der Waals surface area contributed by atoms with Crippen LogP contribution in [-0.4, -0.2) is 45.7 Å². The summed E-state index contributed by atoms with van der Waals surface area (Å²) in [5.74, 6) is 2.08. The Labute approximate surface area is 152 Å². The van der Waals surface area contributed by atoms with E-state index in [0.29, 0.717) is 35.2 Å². The van der Waals surface area contributed by atoms with Crippen LogP contribution in [0.1, 0.15) is 13.3 Å². The zero-order valence-electron chi connectivity index (χ0n) is 15.1. The minimum Gasteiger partial charge on any atom is -0.493 e. The molecule has 26 heavy (non-hydrogen) atoms. The SMILES string of the molecule is CCCS(=O)(=O)Nc1ccc(Nc2cc(OC)c(OC)c(OC)c2)nn1. The average molecular weight is 382 g/mol. The fourth-order valence-electron chi connectivity index (χ4n) is 2.23. The summed E-state index contributed by atoms with van der Waals surface area (Å²) in [5, 5.41) is 10.9. The summed E-state index contributed by atoms with van der Waals surface area (Å²) in [5.41, 5.74) is 0.646. The molecule has 0 saturated heterocycles. The number of hydrogen-bond donors (Lipinski definition) is 2. The second-order valence-electron chi connectivity index (χ2n) is 5.26. The normalized spacial score (nSPS) is 10.9. The van der Waals surface area contributed by atoms with Gasteiger partial charge in [-0.05, 0) is 18.6 Å². The first kappa shape index (κ1) is 19.6. The van der Waals surface area contributed by atoms with Crippen molar-refractivity contribution in [3.05, 3.63) is 24.3 Å². The molecule has 2 aromatic rings. The number of benzene rings is 1. The molecule has 10 heteroatoms. The third-order valence-corrected chi connectivity index (χ3v) is 4.80. The standard InChI is InChI=1S/C16H22N4O5S/c1-5-8-26(21,22)20-15-7-6-14(18-19-15)17-11-9-12(23-2)16(25-4)13(10-11)24-3/h6-7,9-10H,5,8H2,1-4H3,(H,17,18)(H,19,20). The second-order valence-corrected chi connectivity index (χ2v) is 7.11. The molecule has 0 aliphatic heterocycles. The minimum absolute atomic E-state index is 0.0279. The van der Waals surface area contributed by atoms with Crippen molar-refractivity contribution in [1.82, 2.24) is 10.2 Å². The molecule has 0 unspecified atom stereocenters. The lowest BCUT2D eigenvalue weighted by Gasteiger charge is -2.14. The van der Waals surface area contributed by atoms with Crippen molar-refractivity contribution in [3.63, 3.8) is 0 Å². The largest absolute Gasteiger partial charge is 0.493 e. The summed E-state index contributed by atoms with van der Waals surface area (Å²) in [6.07, 6.45) is 0.517.